The quantitative estimate of drug-likeness (QED) is 0.839. The lowest BCUT2D eigenvalue weighted by Crippen LogP contribution is -2.00. The van der Waals surface area contributed by atoms with Crippen LogP contribution in [0, 0.1) is 6.92 Å². The summed E-state index contributed by atoms with van der Waals surface area (Å²) in [5, 5.41) is 4.18. The average molecular weight is 311 g/mol. The summed E-state index contributed by atoms with van der Waals surface area (Å²) < 4.78 is 1.10. The standard InChI is InChI=1S/C14H13BrClN/c1-10-8-13(16)6-7-14(10)17-9-11-2-4-12(15)5-3-11/h2-8,17H,9H2,1H3. The maximum absolute atomic E-state index is 5.92. The molecule has 2 aromatic carbocycles. The Balaban J connectivity index is 2.04. The maximum atomic E-state index is 5.92. The van der Waals surface area contributed by atoms with Gasteiger partial charge in [0, 0.05) is 21.7 Å². The highest BCUT2D eigenvalue weighted by Crippen LogP contribution is 2.20. The van der Waals surface area contributed by atoms with E-state index in [1.807, 2.05) is 30.3 Å². The highest BCUT2D eigenvalue weighted by Gasteiger charge is 1.99. The third kappa shape index (κ3) is 3.48. The predicted molar refractivity (Wildman–Crippen MR) is 77.7 cm³/mol. The number of hydrogen-bond acceptors (Lipinski definition) is 1. The average Bonchev–Trinajstić information content (AvgIpc) is 2.30. The summed E-state index contributed by atoms with van der Waals surface area (Å²) in [6, 6.07) is 14.2. The molecule has 1 N–H and O–H groups in total. The normalized spacial score (nSPS) is 10.3. The van der Waals surface area contributed by atoms with E-state index in [4.69, 9.17) is 11.6 Å². The Kier molecular flexibility index (Phi) is 4.08. The van der Waals surface area contributed by atoms with E-state index in [1.165, 1.54) is 5.56 Å². The van der Waals surface area contributed by atoms with E-state index in [-0.39, 0.29) is 0 Å². The molecule has 0 aliphatic rings. The number of hydrogen-bond donors (Lipinski definition) is 1. The lowest BCUT2D eigenvalue weighted by molar-refractivity contribution is 1.14. The molecule has 0 aliphatic heterocycles. The van der Waals surface area contributed by atoms with Crippen molar-refractivity contribution in [1.82, 2.24) is 0 Å². The Morgan fingerprint density at radius 3 is 2.47 bits per heavy atom. The fraction of sp³-hybridized carbons (Fsp3) is 0.143. The van der Waals surface area contributed by atoms with Gasteiger partial charge in [-0.1, -0.05) is 39.7 Å². The predicted octanol–water partition coefficient (Wildman–Crippen LogP) is 5.02. The van der Waals surface area contributed by atoms with E-state index in [0.717, 1.165) is 27.3 Å². The van der Waals surface area contributed by atoms with Gasteiger partial charge in [0.2, 0.25) is 0 Å². The molecule has 3 heteroatoms. The van der Waals surface area contributed by atoms with Crippen molar-refractivity contribution in [3.8, 4) is 0 Å². The fourth-order valence-electron chi connectivity index (χ4n) is 1.62. The summed E-state index contributed by atoms with van der Waals surface area (Å²) in [4.78, 5) is 0. The molecule has 0 fully saturated rings. The van der Waals surface area contributed by atoms with Crippen LogP contribution in [0.2, 0.25) is 5.02 Å². The minimum atomic E-state index is 0.775. The first-order chi connectivity index (χ1) is 8.15. The Labute approximate surface area is 115 Å². The third-order valence-corrected chi connectivity index (χ3v) is 3.35. The Hall–Kier alpha value is -0.990. The second-order valence-corrected chi connectivity index (χ2v) is 5.29. The van der Waals surface area contributed by atoms with E-state index < -0.39 is 0 Å². The van der Waals surface area contributed by atoms with Gasteiger partial charge >= 0.3 is 0 Å². The molecule has 0 saturated carbocycles. The van der Waals surface area contributed by atoms with Gasteiger partial charge in [0.05, 0.1) is 0 Å². The summed E-state index contributed by atoms with van der Waals surface area (Å²) in [7, 11) is 0. The molecule has 2 rings (SSSR count). The number of benzene rings is 2. The molecule has 0 atom stereocenters. The number of nitrogens with one attached hydrogen (secondary N) is 1. The van der Waals surface area contributed by atoms with Crippen LogP contribution < -0.4 is 5.32 Å². The van der Waals surface area contributed by atoms with Crippen LogP contribution in [-0.2, 0) is 6.54 Å². The summed E-state index contributed by atoms with van der Waals surface area (Å²) in [5.41, 5.74) is 3.54. The Bertz CT molecular complexity index is 508. The first-order valence-electron chi connectivity index (χ1n) is 5.39. The number of halogens is 2. The Morgan fingerprint density at radius 1 is 1.12 bits per heavy atom. The molecule has 0 aromatic heterocycles. The van der Waals surface area contributed by atoms with Gasteiger partial charge < -0.3 is 5.32 Å². The molecule has 17 heavy (non-hydrogen) atoms. The second kappa shape index (κ2) is 5.56. The van der Waals surface area contributed by atoms with Crippen molar-refractivity contribution in [1.29, 1.82) is 0 Å². The summed E-state index contributed by atoms with van der Waals surface area (Å²) in [5.74, 6) is 0. The number of anilines is 1. The van der Waals surface area contributed by atoms with Crippen molar-refractivity contribution >= 4 is 33.2 Å². The van der Waals surface area contributed by atoms with E-state index >= 15 is 0 Å². The summed E-state index contributed by atoms with van der Waals surface area (Å²) in [6.07, 6.45) is 0. The molecule has 2 aromatic rings. The zero-order chi connectivity index (χ0) is 12.3. The van der Waals surface area contributed by atoms with Crippen molar-refractivity contribution < 1.29 is 0 Å². The van der Waals surface area contributed by atoms with E-state index in [9.17, 15) is 0 Å². The van der Waals surface area contributed by atoms with Crippen LogP contribution in [0.25, 0.3) is 0 Å². The first-order valence-corrected chi connectivity index (χ1v) is 6.57. The fourth-order valence-corrected chi connectivity index (χ4v) is 2.12. The van der Waals surface area contributed by atoms with Crippen molar-refractivity contribution in [3.05, 3.63) is 63.1 Å². The summed E-state index contributed by atoms with van der Waals surface area (Å²) >= 11 is 9.34. The minimum Gasteiger partial charge on any atom is -0.381 e. The topological polar surface area (TPSA) is 12.0 Å². The van der Waals surface area contributed by atoms with Crippen molar-refractivity contribution in [2.24, 2.45) is 0 Å². The monoisotopic (exact) mass is 309 g/mol. The van der Waals surface area contributed by atoms with Crippen LogP contribution >= 0.6 is 27.5 Å². The molecule has 0 unspecified atom stereocenters. The van der Waals surface area contributed by atoms with Gasteiger partial charge in [-0.05, 0) is 48.4 Å². The first kappa shape index (κ1) is 12.5. The smallest absolute Gasteiger partial charge is 0.0410 e. The zero-order valence-corrected chi connectivity index (χ0v) is 11.8. The Morgan fingerprint density at radius 2 is 1.82 bits per heavy atom. The molecule has 0 heterocycles. The SMILES string of the molecule is Cc1cc(Cl)ccc1NCc1ccc(Br)cc1. The van der Waals surface area contributed by atoms with Crippen LogP contribution in [0.5, 0.6) is 0 Å². The minimum absolute atomic E-state index is 0.775. The van der Waals surface area contributed by atoms with Crippen LogP contribution in [0.1, 0.15) is 11.1 Å². The van der Waals surface area contributed by atoms with Gasteiger partial charge in [-0.25, -0.2) is 0 Å². The van der Waals surface area contributed by atoms with Gasteiger partial charge in [-0.2, -0.15) is 0 Å². The lowest BCUT2D eigenvalue weighted by Gasteiger charge is -2.10. The zero-order valence-electron chi connectivity index (χ0n) is 9.50. The van der Waals surface area contributed by atoms with Crippen molar-refractivity contribution in [2.75, 3.05) is 5.32 Å². The van der Waals surface area contributed by atoms with Gasteiger partial charge in [0.15, 0.2) is 0 Å². The summed E-state index contributed by atoms with van der Waals surface area (Å²) in [6.45, 7) is 2.87. The molecule has 0 radical (unpaired) electrons. The van der Waals surface area contributed by atoms with Gasteiger partial charge in [0.25, 0.3) is 0 Å². The van der Waals surface area contributed by atoms with Crippen LogP contribution in [0.3, 0.4) is 0 Å². The van der Waals surface area contributed by atoms with Gasteiger partial charge in [-0.3, -0.25) is 0 Å². The van der Waals surface area contributed by atoms with Gasteiger partial charge in [-0.15, -0.1) is 0 Å². The highest BCUT2D eigenvalue weighted by molar-refractivity contribution is 9.10. The molecule has 1 nitrogen and oxygen atoms in total. The molecular formula is C14H13BrClN. The van der Waals surface area contributed by atoms with E-state index in [2.05, 4.69) is 40.3 Å². The molecule has 0 bridgehead atoms. The largest absolute Gasteiger partial charge is 0.381 e. The van der Waals surface area contributed by atoms with Crippen molar-refractivity contribution in [3.63, 3.8) is 0 Å². The van der Waals surface area contributed by atoms with Crippen LogP contribution in [0.15, 0.2) is 46.9 Å². The number of aryl methyl sites for hydroxylation is 1. The molecule has 0 aliphatic carbocycles. The number of rotatable bonds is 3. The molecular weight excluding hydrogens is 298 g/mol. The molecule has 0 saturated heterocycles. The van der Waals surface area contributed by atoms with Gasteiger partial charge in [0.1, 0.15) is 0 Å². The van der Waals surface area contributed by atoms with Crippen LogP contribution in [-0.4, -0.2) is 0 Å². The lowest BCUT2D eigenvalue weighted by atomic mass is 10.2. The highest BCUT2D eigenvalue weighted by atomic mass is 79.9. The van der Waals surface area contributed by atoms with E-state index in [1.54, 1.807) is 0 Å². The third-order valence-electron chi connectivity index (χ3n) is 2.58. The second-order valence-electron chi connectivity index (χ2n) is 3.94. The van der Waals surface area contributed by atoms with Crippen molar-refractivity contribution in [2.45, 2.75) is 13.5 Å². The van der Waals surface area contributed by atoms with E-state index in [0.29, 0.717) is 0 Å². The molecule has 88 valence electrons. The maximum Gasteiger partial charge on any atom is 0.0410 e. The molecule has 0 amide bonds. The van der Waals surface area contributed by atoms with Crippen LogP contribution in [0.4, 0.5) is 5.69 Å². The molecule has 0 spiro atoms.